The van der Waals surface area contributed by atoms with Crippen molar-refractivity contribution in [3.63, 3.8) is 0 Å². The number of fused-ring (bicyclic) bond motifs is 1. The third-order valence-corrected chi connectivity index (χ3v) is 5.34. The Morgan fingerprint density at radius 1 is 1.37 bits per heavy atom. The minimum Gasteiger partial charge on any atom is -0.480 e. The van der Waals surface area contributed by atoms with E-state index in [2.05, 4.69) is 29.6 Å². The summed E-state index contributed by atoms with van der Waals surface area (Å²) in [6.07, 6.45) is 3.22. The zero-order valence-corrected chi connectivity index (χ0v) is 15.9. The number of nitrogens with zero attached hydrogens (tertiary/aromatic N) is 2. The van der Waals surface area contributed by atoms with Crippen LogP contribution >= 0.6 is 0 Å². The van der Waals surface area contributed by atoms with E-state index in [4.69, 9.17) is 9.84 Å². The molecule has 1 aliphatic heterocycles. The van der Waals surface area contributed by atoms with Gasteiger partial charge in [-0.2, -0.15) is 0 Å². The smallest absolute Gasteiger partial charge is 0.317 e. The quantitative estimate of drug-likeness (QED) is 0.788. The summed E-state index contributed by atoms with van der Waals surface area (Å²) in [5, 5.41) is 12.0. The Hall–Kier alpha value is -2.12. The average molecular weight is 375 g/mol. The minimum atomic E-state index is -0.865. The summed E-state index contributed by atoms with van der Waals surface area (Å²) < 4.78 is 5.70. The molecular formula is C20H29N3O4. The number of carbonyl (C=O) groups excluding carboxylic acids is 1. The molecule has 1 saturated heterocycles. The van der Waals surface area contributed by atoms with Crippen molar-refractivity contribution in [2.75, 3.05) is 46.4 Å². The number of rotatable bonds is 6. The Morgan fingerprint density at radius 3 is 3.00 bits per heavy atom. The summed E-state index contributed by atoms with van der Waals surface area (Å²) in [4.78, 5) is 26.9. The number of likely N-dealkylation sites (N-methyl/N-ethyl adjacent to an activating group) is 1. The van der Waals surface area contributed by atoms with Crippen molar-refractivity contribution in [3.05, 3.63) is 35.4 Å². The third-order valence-electron chi connectivity index (χ3n) is 5.34. The van der Waals surface area contributed by atoms with Gasteiger partial charge in [-0.1, -0.05) is 24.3 Å². The molecule has 27 heavy (non-hydrogen) atoms. The second-order valence-electron chi connectivity index (χ2n) is 7.50. The SMILES string of the molecule is CN(CC(=O)O)CC1CN(C(=O)NCC2CCCc3ccccc32)CCO1. The van der Waals surface area contributed by atoms with Crippen molar-refractivity contribution in [2.45, 2.75) is 31.3 Å². The van der Waals surface area contributed by atoms with E-state index >= 15 is 0 Å². The van der Waals surface area contributed by atoms with E-state index in [1.165, 1.54) is 11.1 Å². The van der Waals surface area contributed by atoms with Gasteiger partial charge in [0.2, 0.25) is 0 Å². The molecule has 2 unspecified atom stereocenters. The predicted octanol–water partition coefficient (Wildman–Crippen LogP) is 1.53. The van der Waals surface area contributed by atoms with Gasteiger partial charge in [0.25, 0.3) is 0 Å². The topological polar surface area (TPSA) is 82.1 Å². The number of carbonyl (C=O) groups is 2. The normalized spacial score (nSPS) is 22.4. The van der Waals surface area contributed by atoms with Gasteiger partial charge in [0.1, 0.15) is 0 Å². The van der Waals surface area contributed by atoms with Crippen molar-refractivity contribution in [1.29, 1.82) is 0 Å². The van der Waals surface area contributed by atoms with Crippen LogP contribution in [0.25, 0.3) is 0 Å². The highest BCUT2D eigenvalue weighted by molar-refractivity contribution is 5.74. The van der Waals surface area contributed by atoms with Crippen LogP contribution in [0.1, 0.15) is 29.9 Å². The van der Waals surface area contributed by atoms with Crippen molar-refractivity contribution in [2.24, 2.45) is 0 Å². The summed E-state index contributed by atoms with van der Waals surface area (Å²) in [6, 6.07) is 8.44. The summed E-state index contributed by atoms with van der Waals surface area (Å²) in [5.74, 6) is -0.492. The fourth-order valence-electron chi connectivity index (χ4n) is 4.05. The van der Waals surface area contributed by atoms with Gasteiger partial charge in [-0.15, -0.1) is 0 Å². The fourth-order valence-corrected chi connectivity index (χ4v) is 4.05. The molecule has 0 spiro atoms. The number of hydrogen-bond acceptors (Lipinski definition) is 4. The second-order valence-corrected chi connectivity index (χ2v) is 7.50. The van der Waals surface area contributed by atoms with Gasteiger partial charge < -0.3 is 20.1 Å². The third kappa shape index (κ3) is 5.43. The Morgan fingerprint density at radius 2 is 2.19 bits per heavy atom. The van der Waals surface area contributed by atoms with E-state index in [-0.39, 0.29) is 18.7 Å². The zero-order chi connectivity index (χ0) is 19.2. The molecule has 3 rings (SSSR count). The molecule has 0 saturated carbocycles. The Kier molecular flexibility index (Phi) is 6.68. The molecule has 1 fully saturated rings. The Balaban J connectivity index is 1.49. The molecule has 1 aliphatic carbocycles. The molecule has 0 aromatic heterocycles. The molecule has 0 bridgehead atoms. The molecule has 2 N–H and O–H groups in total. The van der Waals surface area contributed by atoms with Crippen LogP contribution in [-0.2, 0) is 16.0 Å². The van der Waals surface area contributed by atoms with Crippen LogP contribution in [0.5, 0.6) is 0 Å². The summed E-state index contributed by atoms with van der Waals surface area (Å²) in [5.41, 5.74) is 2.76. The van der Waals surface area contributed by atoms with Gasteiger partial charge in [-0.25, -0.2) is 4.79 Å². The van der Waals surface area contributed by atoms with Crippen LogP contribution in [0, 0.1) is 0 Å². The highest BCUT2D eigenvalue weighted by Gasteiger charge is 2.27. The van der Waals surface area contributed by atoms with Crippen molar-refractivity contribution in [1.82, 2.24) is 15.1 Å². The number of hydrogen-bond donors (Lipinski definition) is 2. The number of nitrogens with one attached hydrogen (secondary N) is 1. The molecule has 0 radical (unpaired) electrons. The number of aliphatic carboxylic acids is 1. The molecule has 7 nitrogen and oxygen atoms in total. The second kappa shape index (κ2) is 9.19. The molecule has 2 aliphatic rings. The van der Waals surface area contributed by atoms with Crippen LogP contribution in [0.2, 0.25) is 0 Å². The first kappa shape index (κ1) is 19.6. The van der Waals surface area contributed by atoms with E-state index < -0.39 is 5.97 Å². The first-order valence-electron chi connectivity index (χ1n) is 9.65. The Bertz CT molecular complexity index is 666. The molecule has 1 aromatic rings. The van der Waals surface area contributed by atoms with Gasteiger partial charge in [0, 0.05) is 32.1 Å². The van der Waals surface area contributed by atoms with E-state index in [0.29, 0.717) is 38.7 Å². The lowest BCUT2D eigenvalue weighted by molar-refractivity contribution is -0.138. The number of urea groups is 1. The molecule has 1 aromatic carbocycles. The molecule has 7 heteroatoms. The number of ether oxygens (including phenoxy) is 1. The lowest BCUT2D eigenvalue weighted by atomic mass is 9.83. The molecule has 2 amide bonds. The number of aryl methyl sites for hydroxylation is 1. The van der Waals surface area contributed by atoms with Crippen LogP contribution in [-0.4, -0.2) is 79.4 Å². The van der Waals surface area contributed by atoms with E-state index in [1.54, 1.807) is 16.8 Å². The number of morpholine rings is 1. The van der Waals surface area contributed by atoms with Crippen LogP contribution in [0.15, 0.2) is 24.3 Å². The molecule has 148 valence electrons. The van der Waals surface area contributed by atoms with Crippen LogP contribution in [0.4, 0.5) is 4.79 Å². The van der Waals surface area contributed by atoms with E-state index in [9.17, 15) is 9.59 Å². The van der Waals surface area contributed by atoms with Crippen molar-refractivity contribution in [3.8, 4) is 0 Å². The largest absolute Gasteiger partial charge is 0.480 e. The monoisotopic (exact) mass is 375 g/mol. The summed E-state index contributed by atoms with van der Waals surface area (Å²) >= 11 is 0. The summed E-state index contributed by atoms with van der Waals surface area (Å²) in [7, 11) is 1.75. The highest BCUT2D eigenvalue weighted by Crippen LogP contribution is 2.30. The first-order valence-corrected chi connectivity index (χ1v) is 9.65. The van der Waals surface area contributed by atoms with Crippen molar-refractivity contribution < 1.29 is 19.4 Å². The van der Waals surface area contributed by atoms with Crippen molar-refractivity contribution >= 4 is 12.0 Å². The van der Waals surface area contributed by atoms with E-state index in [1.807, 2.05) is 0 Å². The number of amides is 2. The maximum Gasteiger partial charge on any atom is 0.317 e. The predicted molar refractivity (Wildman–Crippen MR) is 102 cm³/mol. The van der Waals surface area contributed by atoms with Crippen LogP contribution in [0.3, 0.4) is 0 Å². The molecule has 1 heterocycles. The number of carboxylic acid groups (broad SMARTS) is 1. The first-order chi connectivity index (χ1) is 13.0. The molecular weight excluding hydrogens is 346 g/mol. The Labute approximate surface area is 160 Å². The van der Waals surface area contributed by atoms with Gasteiger partial charge in [-0.3, -0.25) is 9.69 Å². The summed E-state index contributed by atoms with van der Waals surface area (Å²) in [6.45, 7) is 2.63. The highest BCUT2D eigenvalue weighted by atomic mass is 16.5. The fraction of sp³-hybridized carbons (Fsp3) is 0.600. The lowest BCUT2D eigenvalue weighted by Gasteiger charge is -2.35. The standard InChI is InChI=1S/C20H29N3O4/c1-22(14-19(24)25)12-17-13-23(9-10-27-17)20(26)21-11-16-7-4-6-15-5-2-3-8-18(15)16/h2-3,5,8,16-17H,4,6-7,9-14H2,1H3,(H,21,26)(H,24,25). The lowest BCUT2D eigenvalue weighted by Crippen LogP contribution is -2.52. The zero-order valence-electron chi connectivity index (χ0n) is 15.9. The van der Waals surface area contributed by atoms with Gasteiger partial charge in [-0.05, 0) is 37.4 Å². The maximum absolute atomic E-state index is 12.6. The maximum atomic E-state index is 12.6. The van der Waals surface area contributed by atoms with Crippen LogP contribution < -0.4 is 5.32 Å². The minimum absolute atomic E-state index is 0.0346. The van der Waals surface area contributed by atoms with Gasteiger partial charge in [0.05, 0.1) is 19.3 Å². The number of benzene rings is 1. The molecule has 2 atom stereocenters. The van der Waals surface area contributed by atoms with Gasteiger partial charge >= 0.3 is 12.0 Å². The average Bonchev–Trinajstić information content (AvgIpc) is 2.65. The van der Waals surface area contributed by atoms with Gasteiger partial charge in [0.15, 0.2) is 0 Å². The number of carboxylic acids is 1. The van der Waals surface area contributed by atoms with E-state index in [0.717, 1.165) is 19.3 Å².